The molecule has 3 aliphatic rings. The maximum atomic E-state index is 14.0. The van der Waals surface area contributed by atoms with Gasteiger partial charge in [-0.2, -0.15) is 0 Å². The zero-order chi connectivity index (χ0) is 48.1. The molecule has 3 fully saturated rings. The minimum atomic E-state index is -0.960. The number of rotatable bonds is 11. The van der Waals surface area contributed by atoms with E-state index in [-0.39, 0.29) is 53.2 Å². The lowest BCUT2D eigenvalue weighted by Crippen LogP contribution is -2.51. The largest absolute Gasteiger partial charge is 0.508 e. The number of nitrogens with one attached hydrogen (secondary N) is 3. The van der Waals surface area contributed by atoms with Crippen LogP contribution in [-0.2, 0) is 29.2 Å². The van der Waals surface area contributed by atoms with Gasteiger partial charge in [-0.25, -0.2) is 19.6 Å². The summed E-state index contributed by atoms with van der Waals surface area (Å²) in [5.41, 5.74) is 10.6. The van der Waals surface area contributed by atoms with Crippen LogP contribution >= 0.6 is 0 Å². The standard InChI is InChI=1S/C52H68N8O7/c1-28(2)42(57-50(63)65-10)48(61)58-26-12-14-40(58)46-53-36-22-20-34(30(5)43(36)55-46)38-24-25-39(60(38)33-18-16-32(17-19-33)52(7,8)9)35-21-23-37-44(31(35)6)56-47(54-37)41-15-13-27-59(41)49(62)45(29(3)4)67-51(64)66-11/h16-23,28-29,38-42,45H,12-15,24-27H2,1-11H3,(H,53,55)(H,54,56)(H,57,63)/t38-,39+,40+,41+,42+,45+/m1/s1. The van der Waals surface area contributed by atoms with Crippen molar-refractivity contribution in [3.05, 3.63) is 88.0 Å². The van der Waals surface area contributed by atoms with E-state index in [2.05, 4.69) is 103 Å². The molecular formula is C52H68N8O7. The van der Waals surface area contributed by atoms with E-state index in [1.807, 2.05) is 32.6 Å². The number of likely N-dealkylation sites (tertiary alicyclic amines) is 2. The molecule has 0 saturated carbocycles. The molecule has 6 atom stereocenters. The van der Waals surface area contributed by atoms with Gasteiger partial charge in [-0.1, -0.05) is 72.7 Å². The Labute approximate surface area is 393 Å². The van der Waals surface area contributed by atoms with Crippen molar-refractivity contribution in [2.24, 2.45) is 11.8 Å². The number of alkyl carbamates (subject to hydrolysis) is 1. The fourth-order valence-corrected chi connectivity index (χ4v) is 10.7. The van der Waals surface area contributed by atoms with E-state index in [0.29, 0.717) is 13.1 Å². The van der Waals surface area contributed by atoms with Crippen molar-refractivity contribution in [3.8, 4) is 0 Å². The van der Waals surface area contributed by atoms with Crippen LogP contribution in [-0.4, -0.2) is 93.3 Å². The fraction of sp³-hybridized carbons (Fsp3) is 0.538. The number of ether oxygens (including phenoxy) is 3. The molecule has 15 heteroatoms. The van der Waals surface area contributed by atoms with Crippen LogP contribution in [0.3, 0.4) is 0 Å². The van der Waals surface area contributed by atoms with Gasteiger partial charge in [-0.05, 0) is 122 Å². The van der Waals surface area contributed by atoms with Crippen molar-refractivity contribution in [1.29, 1.82) is 0 Å². The predicted molar refractivity (Wildman–Crippen MR) is 258 cm³/mol. The van der Waals surface area contributed by atoms with E-state index < -0.39 is 24.4 Å². The van der Waals surface area contributed by atoms with Gasteiger partial charge in [0.25, 0.3) is 5.91 Å². The topological polar surface area (TPSA) is 175 Å². The summed E-state index contributed by atoms with van der Waals surface area (Å²) in [6.45, 7) is 19.7. The highest BCUT2D eigenvalue weighted by atomic mass is 16.7. The first-order valence-electron chi connectivity index (χ1n) is 24.0. The van der Waals surface area contributed by atoms with Gasteiger partial charge in [0.15, 0.2) is 6.10 Å². The third-order valence-electron chi connectivity index (χ3n) is 14.4. The first-order valence-corrected chi connectivity index (χ1v) is 24.0. The van der Waals surface area contributed by atoms with Crippen LogP contribution < -0.4 is 10.2 Å². The van der Waals surface area contributed by atoms with Gasteiger partial charge in [0, 0.05) is 18.8 Å². The quantitative estimate of drug-likeness (QED) is 0.108. The molecule has 3 amide bonds. The third kappa shape index (κ3) is 9.05. The number of nitrogens with zero attached hydrogens (tertiary/aromatic N) is 5. The van der Waals surface area contributed by atoms with Crippen molar-refractivity contribution in [1.82, 2.24) is 35.1 Å². The summed E-state index contributed by atoms with van der Waals surface area (Å²) in [6.07, 6.45) is 2.53. The maximum Gasteiger partial charge on any atom is 0.508 e. The van der Waals surface area contributed by atoms with E-state index in [9.17, 15) is 19.2 Å². The smallest absolute Gasteiger partial charge is 0.453 e. The number of aryl methyl sites for hydroxylation is 2. The van der Waals surface area contributed by atoms with E-state index in [1.54, 1.807) is 4.90 Å². The van der Waals surface area contributed by atoms with Gasteiger partial charge in [0.2, 0.25) is 5.91 Å². The highest BCUT2D eigenvalue weighted by Gasteiger charge is 2.42. The summed E-state index contributed by atoms with van der Waals surface area (Å²) in [5, 5.41) is 2.75. The number of fused-ring (bicyclic) bond motifs is 2. The minimum Gasteiger partial charge on any atom is -0.453 e. The van der Waals surface area contributed by atoms with Gasteiger partial charge < -0.3 is 44.2 Å². The van der Waals surface area contributed by atoms with Crippen molar-refractivity contribution >= 4 is 51.8 Å². The lowest BCUT2D eigenvalue weighted by Gasteiger charge is -2.35. The van der Waals surface area contributed by atoms with Gasteiger partial charge >= 0.3 is 12.2 Å². The van der Waals surface area contributed by atoms with Crippen molar-refractivity contribution in [2.45, 2.75) is 143 Å². The minimum absolute atomic E-state index is 0.00242. The molecule has 67 heavy (non-hydrogen) atoms. The molecule has 0 radical (unpaired) electrons. The average Bonchev–Trinajstić information content (AvgIpc) is 4.15. The molecule has 358 valence electrons. The first-order chi connectivity index (χ1) is 31.9. The molecule has 5 aromatic rings. The van der Waals surface area contributed by atoms with E-state index in [0.717, 1.165) is 89.1 Å². The SMILES string of the molecule is COC(=O)N[C@H](C(=O)N1CCC[C@H]1c1nc2c(C)c([C@H]3CC[C@@H](c4ccc5[nH]c([C@@H]6CCCN6C(=O)[C@@H](OC(=O)OC)C(C)C)nc5c4C)N3c3ccc(C(C)(C)C)cc3)ccc2[nH]1)C(C)C. The first kappa shape index (κ1) is 47.4. The van der Waals surface area contributed by atoms with Crippen LogP contribution in [0.25, 0.3) is 22.1 Å². The second kappa shape index (κ2) is 18.9. The molecule has 3 saturated heterocycles. The average molecular weight is 917 g/mol. The van der Waals surface area contributed by atoms with Crippen LogP contribution in [0.1, 0.15) is 151 Å². The number of hydrogen-bond donors (Lipinski definition) is 3. The molecule has 0 spiro atoms. The molecular weight excluding hydrogens is 849 g/mol. The monoisotopic (exact) mass is 917 g/mol. The molecule has 0 bridgehead atoms. The second-order valence-corrected chi connectivity index (χ2v) is 20.4. The van der Waals surface area contributed by atoms with Gasteiger partial charge in [0.05, 0.1) is 60.5 Å². The Hall–Kier alpha value is -6.12. The summed E-state index contributed by atoms with van der Waals surface area (Å²) in [4.78, 5) is 76.1. The lowest BCUT2D eigenvalue weighted by molar-refractivity contribution is -0.145. The number of methoxy groups -OCH3 is 2. The Morgan fingerprint density at radius 3 is 1.63 bits per heavy atom. The number of hydrogen-bond acceptors (Lipinski definition) is 10. The fourth-order valence-electron chi connectivity index (χ4n) is 10.7. The number of amides is 3. The van der Waals surface area contributed by atoms with Crippen LogP contribution in [0.15, 0.2) is 48.5 Å². The molecule has 8 rings (SSSR count). The number of imidazole rings is 2. The number of H-pyrrole nitrogens is 2. The van der Waals surface area contributed by atoms with E-state index in [1.165, 1.54) is 30.9 Å². The summed E-state index contributed by atoms with van der Waals surface area (Å²) in [7, 11) is 2.55. The van der Waals surface area contributed by atoms with Gasteiger partial charge in [-0.3, -0.25) is 9.59 Å². The normalized spacial score (nSPS) is 20.9. The lowest BCUT2D eigenvalue weighted by atomic mass is 9.87. The van der Waals surface area contributed by atoms with E-state index in [4.69, 9.17) is 24.2 Å². The zero-order valence-corrected chi connectivity index (χ0v) is 41.0. The summed E-state index contributed by atoms with van der Waals surface area (Å²) in [5.74, 6) is 0.737. The third-order valence-corrected chi connectivity index (χ3v) is 14.4. The number of benzene rings is 3. The number of anilines is 1. The molecule has 5 heterocycles. The maximum absolute atomic E-state index is 14.0. The number of carbonyl (C=O) groups is 4. The molecule has 3 N–H and O–H groups in total. The molecule has 0 aliphatic carbocycles. The van der Waals surface area contributed by atoms with Gasteiger partial charge in [0.1, 0.15) is 17.7 Å². The number of aromatic nitrogens is 4. The van der Waals surface area contributed by atoms with Crippen LogP contribution in [0, 0.1) is 25.7 Å². The highest BCUT2D eigenvalue weighted by molar-refractivity contribution is 5.87. The Morgan fingerprint density at radius 1 is 0.672 bits per heavy atom. The van der Waals surface area contributed by atoms with Crippen molar-refractivity contribution in [3.63, 3.8) is 0 Å². The number of aromatic amines is 2. The summed E-state index contributed by atoms with van der Waals surface area (Å²) < 4.78 is 15.0. The van der Waals surface area contributed by atoms with E-state index >= 15 is 0 Å². The predicted octanol–water partition coefficient (Wildman–Crippen LogP) is 9.95. The summed E-state index contributed by atoms with van der Waals surface area (Å²) >= 11 is 0. The Bertz CT molecular complexity index is 2490. The zero-order valence-electron chi connectivity index (χ0n) is 41.0. The van der Waals surface area contributed by atoms with Gasteiger partial charge in [-0.15, -0.1) is 0 Å². The Balaban J connectivity index is 1.12. The highest BCUT2D eigenvalue weighted by Crippen LogP contribution is 2.50. The van der Waals surface area contributed by atoms with Crippen molar-refractivity contribution < 1.29 is 33.4 Å². The Kier molecular flexibility index (Phi) is 13.3. The summed E-state index contributed by atoms with van der Waals surface area (Å²) in [6, 6.07) is 16.6. The molecule has 15 nitrogen and oxygen atoms in total. The van der Waals surface area contributed by atoms with Crippen LogP contribution in [0.5, 0.6) is 0 Å². The van der Waals surface area contributed by atoms with Crippen molar-refractivity contribution in [2.75, 3.05) is 32.2 Å². The molecule has 2 aromatic heterocycles. The second-order valence-electron chi connectivity index (χ2n) is 20.4. The number of carbonyl (C=O) groups excluding carboxylic acids is 4. The molecule has 0 unspecified atom stereocenters. The Morgan fingerprint density at radius 2 is 1.18 bits per heavy atom. The molecule has 3 aromatic carbocycles. The van der Waals surface area contributed by atoms with Crippen LogP contribution in [0.4, 0.5) is 15.3 Å². The van der Waals surface area contributed by atoms with Crippen LogP contribution in [0.2, 0.25) is 0 Å². The molecule has 3 aliphatic heterocycles.